The van der Waals surface area contributed by atoms with E-state index in [2.05, 4.69) is 25.3 Å². The second-order valence-corrected chi connectivity index (χ2v) is 7.29. The second kappa shape index (κ2) is 8.38. The van der Waals surface area contributed by atoms with E-state index in [0.29, 0.717) is 18.1 Å². The molecule has 0 aliphatic carbocycles. The molecule has 4 aromatic rings. The number of hydrogen-bond donors (Lipinski definition) is 1. The van der Waals surface area contributed by atoms with Crippen molar-refractivity contribution in [1.82, 2.24) is 34.7 Å². The Balaban J connectivity index is 1.49. The minimum Gasteiger partial charge on any atom is -0.345 e. The van der Waals surface area contributed by atoms with E-state index in [1.54, 1.807) is 15.7 Å². The fraction of sp³-hybridized carbons (Fsp3) is 0.130. The average Bonchev–Trinajstić information content (AvgIpc) is 3.22. The number of benzene rings is 1. The van der Waals surface area contributed by atoms with Crippen LogP contribution in [0, 0.1) is 0 Å². The number of nitrogens with one attached hydrogen (secondary N) is 1. The van der Waals surface area contributed by atoms with Gasteiger partial charge in [0.25, 0.3) is 11.8 Å². The van der Waals surface area contributed by atoms with Crippen molar-refractivity contribution in [2.24, 2.45) is 0 Å². The lowest BCUT2D eigenvalue weighted by molar-refractivity contribution is 0.0724. The summed E-state index contributed by atoms with van der Waals surface area (Å²) in [5, 5.41) is 2.85. The van der Waals surface area contributed by atoms with Crippen molar-refractivity contribution in [3.63, 3.8) is 0 Å². The maximum atomic E-state index is 13.3. The summed E-state index contributed by atoms with van der Waals surface area (Å²) in [5.41, 5.74) is 2.75. The lowest BCUT2D eigenvalue weighted by atomic mass is 10.2. The maximum absolute atomic E-state index is 13.3. The molecular weight excluding hydrogens is 406 g/mol. The van der Waals surface area contributed by atoms with Crippen LogP contribution >= 0.6 is 0 Å². The Morgan fingerprint density at radius 3 is 2.56 bits per heavy atom. The predicted octanol–water partition coefficient (Wildman–Crippen LogP) is 2.14. The van der Waals surface area contributed by atoms with Gasteiger partial charge in [-0.2, -0.15) is 0 Å². The molecule has 0 saturated heterocycles. The lowest BCUT2D eigenvalue weighted by Gasteiger charge is -2.20. The van der Waals surface area contributed by atoms with Crippen molar-refractivity contribution in [2.45, 2.75) is 19.6 Å². The number of fused-ring (bicyclic) bond motifs is 3. The molecule has 32 heavy (non-hydrogen) atoms. The molecular formula is C23H19N7O2. The summed E-state index contributed by atoms with van der Waals surface area (Å²) in [6.07, 6.45) is 6.19. The van der Waals surface area contributed by atoms with E-state index >= 15 is 0 Å². The zero-order chi connectivity index (χ0) is 21.9. The van der Waals surface area contributed by atoms with Crippen LogP contribution < -0.4 is 5.32 Å². The number of nitrogens with zero attached hydrogens (tertiary/aromatic N) is 6. The standard InChI is InChI=1S/C23H19N7O2/c31-22(27-12-17-8-4-5-9-24-17)19-18-14-29(13-16-6-2-1-3-7-16)23(32)20-21(26-11-10-25-20)30(18)15-28-19/h1-11,15H,12-14H2,(H,27,31). The fourth-order valence-corrected chi connectivity index (χ4v) is 3.65. The number of carbonyl (C=O) groups is 2. The topological polar surface area (TPSA) is 106 Å². The minimum absolute atomic E-state index is 0.193. The van der Waals surface area contributed by atoms with Crippen molar-refractivity contribution in [3.8, 4) is 5.82 Å². The molecule has 0 radical (unpaired) electrons. The third-order valence-electron chi connectivity index (χ3n) is 5.19. The number of imidazole rings is 1. The van der Waals surface area contributed by atoms with Gasteiger partial charge >= 0.3 is 0 Å². The molecule has 3 aromatic heterocycles. The Kier molecular flexibility index (Phi) is 5.12. The molecule has 5 rings (SSSR count). The first-order valence-corrected chi connectivity index (χ1v) is 10.1. The van der Waals surface area contributed by atoms with Gasteiger partial charge in [-0.25, -0.2) is 15.0 Å². The van der Waals surface area contributed by atoms with Crippen LogP contribution in [0.1, 0.15) is 37.9 Å². The van der Waals surface area contributed by atoms with Crippen LogP contribution in [-0.2, 0) is 19.6 Å². The highest BCUT2D eigenvalue weighted by molar-refractivity contribution is 5.97. The van der Waals surface area contributed by atoms with Crippen LogP contribution in [0.2, 0.25) is 0 Å². The van der Waals surface area contributed by atoms with Crippen molar-refractivity contribution >= 4 is 11.8 Å². The summed E-state index contributed by atoms with van der Waals surface area (Å²) in [7, 11) is 0. The number of pyridine rings is 1. The SMILES string of the molecule is O=C(NCc1ccccn1)c1ncn2c1CN(Cc1ccccc1)C(=O)c1nccnc1-2. The number of amides is 2. The molecule has 1 aliphatic heterocycles. The van der Waals surface area contributed by atoms with Gasteiger partial charge in [-0.05, 0) is 17.7 Å². The molecule has 0 spiro atoms. The molecule has 2 amide bonds. The van der Waals surface area contributed by atoms with E-state index in [1.807, 2.05) is 48.5 Å². The second-order valence-electron chi connectivity index (χ2n) is 7.29. The maximum Gasteiger partial charge on any atom is 0.276 e. The summed E-state index contributed by atoms with van der Waals surface area (Å²) in [6, 6.07) is 15.2. The normalized spacial score (nSPS) is 12.6. The Morgan fingerprint density at radius 2 is 1.75 bits per heavy atom. The molecule has 1 aliphatic rings. The Morgan fingerprint density at radius 1 is 0.938 bits per heavy atom. The first-order chi connectivity index (χ1) is 15.7. The third kappa shape index (κ3) is 3.71. The summed E-state index contributed by atoms with van der Waals surface area (Å²) in [4.78, 5) is 45.1. The minimum atomic E-state index is -0.344. The molecule has 9 heteroatoms. The van der Waals surface area contributed by atoms with E-state index in [1.165, 1.54) is 18.7 Å². The zero-order valence-corrected chi connectivity index (χ0v) is 17.0. The van der Waals surface area contributed by atoms with Crippen LogP contribution in [0.5, 0.6) is 0 Å². The van der Waals surface area contributed by atoms with Gasteiger partial charge in [-0.1, -0.05) is 36.4 Å². The van der Waals surface area contributed by atoms with Crippen molar-refractivity contribution in [3.05, 3.63) is 102 Å². The Hall–Kier alpha value is -4.40. The van der Waals surface area contributed by atoms with Crippen molar-refractivity contribution in [1.29, 1.82) is 0 Å². The molecule has 158 valence electrons. The highest BCUT2D eigenvalue weighted by atomic mass is 16.2. The van der Waals surface area contributed by atoms with E-state index in [0.717, 1.165) is 11.3 Å². The predicted molar refractivity (Wildman–Crippen MR) is 115 cm³/mol. The monoisotopic (exact) mass is 425 g/mol. The van der Waals surface area contributed by atoms with E-state index < -0.39 is 0 Å². The molecule has 0 fully saturated rings. The summed E-state index contributed by atoms with van der Waals surface area (Å²) in [6.45, 7) is 0.836. The zero-order valence-electron chi connectivity index (χ0n) is 17.0. The molecule has 0 atom stereocenters. The molecule has 0 bridgehead atoms. The summed E-state index contributed by atoms with van der Waals surface area (Å²) >= 11 is 0. The third-order valence-corrected chi connectivity index (χ3v) is 5.19. The van der Waals surface area contributed by atoms with Crippen LogP contribution in [0.15, 0.2) is 73.4 Å². The molecule has 0 unspecified atom stereocenters. The highest BCUT2D eigenvalue weighted by Gasteiger charge is 2.31. The number of aromatic nitrogens is 5. The first-order valence-electron chi connectivity index (χ1n) is 10.1. The van der Waals surface area contributed by atoms with Crippen LogP contribution in [0.4, 0.5) is 0 Å². The van der Waals surface area contributed by atoms with E-state index in [-0.39, 0.29) is 36.3 Å². The molecule has 9 nitrogen and oxygen atoms in total. The number of hydrogen-bond acceptors (Lipinski definition) is 6. The Labute approximate surface area is 183 Å². The van der Waals surface area contributed by atoms with Crippen molar-refractivity contribution < 1.29 is 9.59 Å². The fourth-order valence-electron chi connectivity index (χ4n) is 3.65. The number of carbonyl (C=O) groups excluding carboxylic acids is 2. The first kappa shape index (κ1) is 19.6. The van der Waals surface area contributed by atoms with Gasteiger partial charge in [0.15, 0.2) is 17.2 Å². The van der Waals surface area contributed by atoms with Gasteiger partial charge in [-0.3, -0.25) is 19.1 Å². The van der Waals surface area contributed by atoms with Crippen LogP contribution in [-0.4, -0.2) is 41.2 Å². The largest absolute Gasteiger partial charge is 0.345 e. The lowest BCUT2D eigenvalue weighted by Crippen LogP contribution is -2.31. The van der Waals surface area contributed by atoms with Gasteiger partial charge in [0.2, 0.25) is 0 Å². The Bertz CT molecular complexity index is 1270. The van der Waals surface area contributed by atoms with Crippen molar-refractivity contribution in [2.75, 3.05) is 0 Å². The van der Waals surface area contributed by atoms with Gasteiger partial charge < -0.3 is 10.2 Å². The van der Waals surface area contributed by atoms with Crippen LogP contribution in [0.3, 0.4) is 0 Å². The molecule has 1 aromatic carbocycles. The summed E-state index contributed by atoms with van der Waals surface area (Å²) in [5.74, 6) is -0.233. The van der Waals surface area contributed by atoms with Gasteiger partial charge in [0.05, 0.1) is 24.5 Å². The molecule has 1 N–H and O–H groups in total. The van der Waals surface area contributed by atoms with Crippen LogP contribution in [0.25, 0.3) is 5.82 Å². The average molecular weight is 425 g/mol. The van der Waals surface area contributed by atoms with E-state index in [4.69, 9.17) is 0 Å². The summed E-state index contributed by atoms with van der Waals surface area (Å²) < 4.78 is 1.67. The van der Waals surface area contributed by atoms with Gasteiger partial charge in [0, 0.05) is 25.1 Å². The van der Waals surface area contributed by atoms with E-state index in [9.17, 15) is 9.59 Å². The molecule has 0 saturated carbocycles. The smallest absolute Gasteiger partial charge is 0.276 e. The quantitative estimate of drug-likeness (QED) is 0.525. The van der Waals surface area contributed by atoms with Gasteiger partial charge in [-0.15, -0.1) is 0 Å². The number of rotatable bonds is 5. The highest BCUT2D eigenvalue weighted by Crippen LogP contribution is 2.24. The van der Waals surface area contributed by atoms with Gasteiger partial charge in [0.1, 0.15) is 6.33 Å². The molecule has 4 heterocycles.